The normalized spacial score (nSPS) is 21.5. The van der Waals surface area contributed by atoms with Crippen molar-refractivity contribution in [3.05, 3.63) is 58.4 Å². The Morgan fingerprint density at radius 2 is 1.92 bits per heavy atom. The second-order valence-corrected chi connectivity index (χ2v) is 10.8. The van der Waals surface area contributed by atoms with Crippen LogP contribution >= 0.6 is 11.6 Å². The number of phenolic OH excluding ortho intramolecular Hbond substituents is 1. The number of amides is 2. The zero-order valence-electron chi connectivity index (χ0n) is 21.9. The number of carbonyl (C=O) groups is 2. The number of carbonyl (C=O) groups excluding carboxylic acids is 2. The average molecular weight is 541 g/mol. The van der Waals surface area contributed by atoms with Crippen molar-refractivity contribution in [3.8, 4) is 23.3 Å². The van der Waals surface area contributed by atoms with E-state index in [1.54, 1.807) is 19.1 Å². The number of halogens is 2. The van der Waals surface area contributed by atoms with Gasteiger partial charge in [-0.15, -0.1) is 5.92 Å². The maximum atomic E-state index is 14.6. The third-order valence-electron chi connectivity index (χ3n) is 7.90. The molecular weight excluding hydrogens is 507 g/mol. The Hall–Kier alpha value is -3.24. The molecule has 1 aliphatic carbocycles. The number of hydrogen-bond donors (Lipinski definition) is 2. The molecule has 202 valence electrons. The standard InChI is InChI=1S/C30H34ClFN2O4/c1-3-4-21(20-5-7-23(35)8-6-20)17-28(37)34-16-15-30(19-34)13-11-22(12-14-30)33-27(36)18-24-25(31)9-10-26(38-2)29(24)32/h5-10,21-22,35H,11-19H2,1-2H3,(H,33,36)/t21-,22?,30?/m0/s1. The van der Waals surface area contributed by atoms with Gasteiger partial charge in [0.1, 0.15) is 5.75 Å². The molecule has 8 heteroatoms. The second kappa shape index (κ2) is 12.1. The third-order valence-corrected chi connectivity index (χ3v) is 8.26. The summed E-state index contributed by atoms with van der Waals surface area (Å²) < 4.78 is 19.6. The second-order valence-electron chi connectivity index (χ2n) is 10.4. The van der Waals surface area contributed by atoms with E-state index in [0.717, 1.165) is 50.8 Å². The number of methoxy groups -OCH3 is 1. The molecule has 2 aliphatic rings. The zero-order valence-corrected chi connectivity index (χ0v) is 22.6. The molecule has 0 radical (unpaired) electrons. The summed E-state index contributed by atoms with van der Waals surface area (Å²) in [5, 5.41) is 12.8. The summed E-state index contributed by atoms with van der Waals surface area (Å²) in [5.74, 6) is 5.33. The molecule has 1 spiro atoms. The van der Waals surface area contributed by atoms with Gasteiger partial charge < -0.3 is 20.1 Å². The van der Waals surface area contributed by atoms with Crippen molar-refractivity contribution < 1.29 is 23.8 Å². The van der Waals surface area contributed by atoms with Crippen LogP contribution in [0, 0.1) is 23.1 Å². The van der Waals surface area contributed by atoms with Crippen LogP contribution in [0.5, 0.6) is 11.5 Å². The van der Waals surface area contributed by atoms with E-state index < -0.39 is 5.82 Å². The predicted molar refractivity (Wildman–Crippen MR) is 145 cm³/mol. The first-order chi connectivity index (χ1) is 18.2. The van der Waals surface area contributed by atoms with Gasteiger partial charge in [-0.3, -0.25) is 9.59 Å². The van der Waals surface area contributed by atoms with E-state index in [0.29, 0.717) is 6.42 Å². The fourth-order valence-electron chi connectivity index (χ4n) is 5.70. The number of likely N-dealkylation sites (tertiary alicyclic amines) is 1. The zero-order chi connectivity index (χ0) is 27.3. The molecule has 0 aromatic heterocycles. The summed E-state index contributed by atoms with van der Waals surface area (Å²) in [5.41, 5.74) is 1.13. The molecule has 38 heavy (non-hydrogen) atoms. The van der Waals surface area contributed by atoms with Crippen LogP contribution in [0.25, 0.3) is 0 Å². The van der Waals surface area contributed by atoms with Crippen LogP contribution < -0.4 is 10.1 Å². The molecule has 6 nitrogen and oxygen atoms in total. The van der Waals surface area contributed by atoms with Gasteiger partial charge in [0.25, 0.3) is 0 Å². The fraction of sp³-hybridized carbons (Fsp3) is 0.467. The number of aromatic hydroxyl groups is 1. The molecule has 1 saturated carbocycles. The molecule has 2 N–H and O–H groups in total. The van der Waals surface area contributed by atoms with Crippen LogP contribution in [0.2, 0.25) is 5.02 Å². The molecule has 1 atom stereocenters. The lowest BCUT2D eigenvalue weighted by molar-refractivity contribution is -0.130. The van der Waals surface area contributed by atoms with Gasteiger partial charge in [-0.25, -0.2) is 4.39 Å². The van der Waals surface area contributed by atoms with Gasteiger partial charge in [-0.1, -0.05) is 29.7 Å². The number of nitrogens with zero attached hydrogens (tertiary/aromatic N) is 1. The van der Waals surface area contributed by atoms with Crippen LogP contribution in [0.1, 0.15) is 62.5 Å². The lowest BCUT2D eigenvalue weighted by atomic mass is 9.72. The van der Waals surface area contributed by atoms with Crippen LogP contribution in [-0.4, -0.2) is 48.1 Å². The molecule has 0 unspecified atom stereocenters. The van der Waals surface area contributed by atoms with Crippen molar-refractivity contribution in [2.45, 2.75) is 63.8 Å². The maximum absolute atomic E-state index is 14.6. The fourth-order valence-corrected chi connectivity index (χ4v) is 5.92. The first-order valence-corrected chi connectivity index (χ1v) is 13.4. The highest BCUT2D eigenvalue weighted by Gasteiger charge is 2.42. The van der Waals surface area contributed by atoms with Crippen molar-refractivity contribution in [3.63, 3.8) is 0 Å². The molecule has 4 rings (SSSR count). The van der Waals surface area contributed by atoms with Gasteiger partial charge in [0.15, 0.2) is 11.6 Å². The number of benzene rings is 2. The molecule has 2 aromatic rings. The van der Waals surface area contributed by atoms with Gasteiger partial charge in [0.2, 0.25) is 11.8 Å². The van der Waals surface area contributed by atoms with Crippen LogP contribution in [0.3, 0.4) is 0 Å². The van der Waals surface area contributed by atoms with E-state index in [1.807, 2.05) is 17.0 Å². The Balaban J connectivity index is 1.29. The molecule has 1 aliphatic heterocycles. The summed E-state index contributed by atoms with van der Waals surface area (Å²) >= 11 is 6.13. The number of phenols is 1. The quantitative estimate of drug-likeness (QED) is 0.473. The van der Waals surface area contributed by atoms with Gasteiger partial charge >= 0.3 is 0 Å². The van der Waals surface area contributed by atoms with E-state index in [-0.39, 0.29) is 57.7 Å². The molecule has 1 heterocycles. The Labute approximate surface area is 228 Å². The van der Waals surface area contributed by atoms with Gasteiger partial charge in [-0.2, -0.15) is 0 Å². The number of nitrogens with one attached hydrogen (secondary N) is 1. The highest BCUT2D eigenvalue weighted by atomic mass is 35.5. The minimum absolute atomic E-state index is 0.0176. The maximum Gasteiger partial charge on any atom is 0.224 e. The van der Waals surface area contributed by atoms with Crippen molar-refractivity contribution in [1.82, 2.24) is 10.2 Å². The van der Waals surface area contributed by atoms with Crippen molar-refractivity contribution in [1.29, 1.82) is 0 Å². The third kappa shape index (κ3) is 6.42. The van der Waals surface area contributed by atoms with E-state index >= 15 is 0 Å². The minimum atomic E-state index is -0.606. The van der Waals surface area contributed by atoms with Crippen LogP contribution in [-0.2, 0) is 16.0 Å². The van der Waals surface area contributed by atoms with Crippen molar-refractivity contribution >= 4 is 23.4 Å². The van der Waals surface area contributed by atoms with Gasteiger partial charge in [-0.05, 0) is 74.3 Å². The number of hydrogen-bond acceptors (Lipinski definition) is 4. The highest BCUT2D eigenvalue weighted by molar-refractivity contribution is 6.31. The van der Waals surface area contributed by atoms with E-state index in [9.17, 15) is 19.1 Å². The average Bonchev–Trinajstić information content (AvgIpc) is 3.32. The van der Waals surface area contributed by atoms with Gasteiger partial charge in [0.05, 0.1) is 19.4 Å². The molecule has 2 amide bonds. The Morgan fingerprint density at radius 3 is 2.58 bits per heavy atom. The first-order valence-electron chi connectivity index (χ1n) is 13.0. The first kappa shape index (κ1) is 27.8. The lowest BCUT2D eigenvalue weighted by Gasteiger charge is -2.37. The molecule has 0 bridgehead atoms. The van der Waals surface area contributed by atoms with Crippen LogP contribution in [0.15, 0.2) is 36.4 Å². The molecule has 2 aromatic carbocycles. The van der Waals surface area contributed by atoms with E-state index in [4.69, 9.17) is 16.3 Å². The van der Waals surface area contributed by atoms with E-state index in [2.05, 4.69) is 17.2 Å². The summed E-state index contributed by atoms with van der Waals surface area (Å²) in [6.07, 6.45) is 4.60. The monoisotopic (exact) mass is 540 g/mol. The minimum Gasteiger partial charge on any atom is -0.508 e. The number of ether oxygens (including phenoxy) is 1. The Morgan fingerprint density at radius 1 is 1.21 bits per heavy atom. The Bertz CT molecular complexity index is 1230. The summed E-state index contributed by atoms with van der Waals surface area (Å²) in [4.78, 5) is 27.8. The predicted octanol–water partition coefficient (Wildman–Crippen LogP) is 5.21. The molecule has 2 fully saturated rings. The smallest absolute Gasteiger partial charge is 0.224 e. The SMILES string of the molecule is CC#C[C@@H](CC(=O)N1CCC2(CCC(NC(=O)Cc3c(Cl)ccc(OC)c3F)CC2)C1)c1ccc(O)cc1. The lowest BCUT2D eigenvalue weighted by Crippen LogP contribution is -2.42. The molecular formula is C30H34ClFN2O4. The summed E-state index contributed by atoms with van der Waals surface area (Å²) in [6.45, 7) is 3.21. The van der Waals surface area contributed by atoms with E-state index in [1.165, 1.54) is 19.2 Å². The van der Waals surface area contributed by atoms with Gasteiger partial charge in [0, 0.05) is 36.1 Å². The molecule has 1 saturated heterocycles. The highest BCUT2D eigenvalue weighted by Crippen LogP contribution is 2.44. The Kier molecular flexibility index (Phi) is 8.83. The topological polar surface area (TPSA) is 78.9 Å². The number of rotatable bonds is 7. The van der Waals surface area contributed by atoms with Crippen LogP contribution in [0.4, 0.5) is 4.39 Å². The largest absolute Gasteiger partial charge is 0.508 e. The summed E-state index contributed by atoms with van der Waals surface area (Å²) in [7, 11) is 1.37. The van der Waals surface area contributed by atoms with Crippen molar-refractivity contribution in [2.75, 3.05) is 20.2 Å². The van der Waals surface area contributed by atoms with Crippen molar-refractivity contribution in [2.24, 2.45) is 5.41 Å². The summed E-state index contributed by atoms with van der Waals surface area (Å²) in [6, 6.07) is 9.86.